The van der Waals surface area contributed by atoms with Crippen molar-refractivity contribution in [3.05, 3.63) is 175 Å². The van der Waals surface area contributed by atoms with Crippen molar-refractivity contribution in [1.82, 2.24) is 9.13 Å². The van der Waals surface area contributed by atoms with Gasteiger partial charge < -0.3 is 14.9 Å². The maximum absolute atomic E-state index is 6.80. The van der Waals surface area contributed by atoms with Gasteiger partial charge in [-0.1, -0.05) is 121 Å². The highest BCUT2D eigenvalue weighted by molar-refractivity contribution is 6.19. The van der Waals surface area contributed by atoms with Crippen LogP contribution in [-0.2, 0) is 6.42 Å². The lowest BCUT2D eigenvalue weighted by atomic mass is 10.1. The Labute approximate surface area is 256 Å². The van der Waals surface area contributed by atoms with E-state index >= 15 is 0 Å². The van der Waals surface area contributed by atoms with Crippen molar-refractivity contribution in [3.63, 3.8) is 0 Å². The van der Waals surface area contributed by atoms with E-state index in [1.807, 2.05) is 18.2 Å². The highest BCUT2D eigenvalue weighted by Gasteiger charge is 2.18. The van der Waals surface area contributed by atoms with Crippen molar-refractivity contribution in [1.29, 1.82) is 0 Å². The zero-order valence-corrected chi connectivity index (χ0v) is 24.3. The van der Waals surface area contributed by atoms with Gasteiger partial charge in [-0.2, -0.15) is 0 Å². The molecular weight excluding hydrogens is 534 g/mol. The number of hydrogen-bond donors (Lipinski definition) is 1. The van der Waals surface area contributed by atoms with Gasteiger partial charge in [-0.05, 0) is 60.0 Å². The third-order valence-electron chi connectivity index (χ3n) is 8.54. The molecule has 8 aromatic rings. The number of rotatable bonds is 6. The Morgan fingerprint density at radius 1 is 0.523 bits per heavy atom. The Morgan fingerprint density at radius 2 is 1.09 bits per heavy atom. The molecule has 3 nitrogen and oxygen atoms in total. The smallest absolute Gasteiger partial charge is 0.0562 e. The number of allylic oxidation sites excluding steroid dienone is 3. The first kappa shape index (κ1) is 25.9. The van der Waals surface area contributed by atoms with Gasteiger partial charge in [0.05, 0.1) is 22.1 Å². The molecule has 2 aromatic heterocycles. The van der Waals surface area contributed by atoms with Crippen LogP contribution in [-0.4, -0.2) is 9.13 Å². The first-order chi connectivity index (χ1) is 21.8. The van der Waals surface area contributed by atoms with Crippen LogP contribution in [0.2, 0.25) is 0 Å². The van der Waals surface area contributed by atoms with Crippen molar-refractivity contribution >= 4 is 55.0 Å². The average molecular weight is 566 g/mol. The summed E-state index contributed by atoms with van der Waals surface area (Å²) in [6.45, 7) is 0. The summed E-state index contributed by atoms with van der Waals surface area (Å²) in [7, 11) is 0. The molecule has 2 heterocycles. The van der Waals surface area contributed by atoms with Crippen LogP contribution in [0.3, 0.4) is 0 Å². The molecule has 0 fully saturated rings. The molecule has 0 saturated carbocycles. The number of hydrogen-bond acceptors (Lipinski definition) is 1. The van der Waals surface area contributed by atoms with E-state index in [0.29, 0.717) is 0 Å². The maximum Gasteiger partial charge on any atom is 0.0562 e. The largest absolute Gasteiger partial charge is 0.398 e. The van der Waals surface area contributed by atoms with E-state index in [9.17, 15) is 0 Å². The Morgan fingerprint density at radius 3 is 1.82 bits per heavy atom. The number of benzene rings is 6. The van der Waals surface area contributed by atoms with E-state index in [1.165, 1.54) is 38.1 Å². The molecule has 0 aliphatic rings. The lowest BCUT2D eigenvalue weighted by Gasteiger charge is -2.13. The van der Waals surface area contributed by atoms with Crippen LogP contribution in [0.4, 0.5) is 0 Å². The van der Waals surface area contributed by atoms with E-state index in [-0.39, 0.29) is 0 Å². The molecule has 0 atom stereocenters. The van der Waals surface area contributed by atoms with Crippen LogP contribution < -0.4 is 5.73 Å². The second-order valence-corrected chi connectivity index (χ2v) is 11.2. The first-order valence-corrected chi connectivity index (χ1v) is 15.0. The molecule has 8 rings (SSSR count). The first-order valence-electron chi connectivity index (χ1n) is 15.0. The van der Waals surface area contributed by atoms with Crippen molar-refractivity contribution in [3.8, 4) is 5.69 Å². The monoisotopic (exact) mass is 565 g/mol. The van der Waals surface area contributed by atoms with Crippen LogP contribution in [0.15, 0.2) is 164 Å². The lowest BCUT2D eigenvalue weighted by molar-refractivity contribution is 1.17. The summed E-state index contributed by atoms with van der Waals surface area (Å²) in [5, 5.41) is 4.94. The zero-order chi connectivity index (χ0) is 29.5. The summed E-state index contributed by atoms with van der Waals surface area (Å²) in [6.07, 6.45) is 5.21. The molecule has 0 radical (unpaired) electrons. The zero-order valence-electron chi connectivity index (χ0n) is 24.3. The fraction of sp³-hybridized carbons (Fsp3) is 0.0244. The quantitative estimate of drug-likeness (QED) is 0.200. The molecule has 3 heteroatoms. The van der Waals surface area contributed by atoms with Crippen molar-refractivity contribution in [2.75, 3.05) is 0 Å². The van der Waals surface area contributed by atoms with E-state index in [0.717, 1.165) is 40.1 Å². The summed E-state index contributed by atoms with van der Waals surface area (Å²) in [4.78, 5) is 0. The van der Waals surface area contributed by atoms with Gasteiger partial charge in [0.15, 0.2) is 0 Å². The fourth-order valence-electron chi connectivity index (χ4n) is 6.49. The summed E-state index contributed by atoms with van der Waals surface area (Å²) in [6, 6.07) is 53.6. The molecular formula is C41H31N3. The van der Waals surface area contributed by atoms with Gasteiger partial charge in [0, 0.05) is 38.6 Å². The fourth-order valence-corrected chi connectivity index (χ4v) is 6.49. The maximum atomic E-state index is 6.80. The summed E-state index contributed by atoms with van der Waals surface area (Å²) >= 11 is 0. The van der Waals surface area contributed by atoms with E-state index < -0.39 is 0 Å². The third-order valence-corrected chi connectivity index (χ3v) is 8.54. The van der Waals surface area contributed by atoms with E-state index in [1.54, 1.807) is 0 Å². The standard InChI is InChI=1S/C41H31N3/c42-37(30-16-6-2-7-17-30)26-32(25-24-29-14-4-1-5-15-29)44-39-23-13-11-21-34(39)36-27-35-33-20-10-12-22-38(33)43(40(35)28-41(36)44)31-18-8-3-9-19-31/h1-23,25-28H,24,42H2/b32-25+,37-26-. The Hall–Kier alpha value is -5.80. The molecule has 6 aromatic carbocycles. The number of nitrogens with zero attached hydrogens (tertiary/aromatic N) is 2. The van der Waals surface area contributed by atoms with Crippen molar-refractivity contribution in [2.45, 2.75) is 6.42 Å². The predicted molar refractivity (Wildman–Crippen MR) is 187 cm³/mol. The van der Waals surface area contributed by atoms with Crippen LogP contribution in [0.25, 0.3) is 60.7 Å². The van der Waals surface area contributed by atoms with E-state index in [4.69, 9.17) is 5.73 Å². The van der Waals surface area contributed by atoms with Gasteiger partial charge in [0.25, 0.3) is 0 Å². The molecule has 0 aliphatic heterocycles. The minimum Gasteiger partial charge on any atom is -0.398 e. The van der Waals surface area contributed by atoms with Crippen LogP contribution in [0.1, 0.15) is 11.1 Å². The Kier molecular flexibility index (Phi) is 6.35. The van der Waals surface area contributed by atoms with Crippen molar-refractivity contribution in [2.24, 2.45) is 5.73 Å². The second kappa shape index (κ2) is 10.8. The molecule has 2 N–H and O–H groups in total. The Bertz CT molecular complexity index is 2340. The highest BCUT2D eigenvalue weighted by atomic mass is 15.0. The molecule has 0 spiro atoms. The molecule has 0 unspecified atom stereocenters. The summed E-state index contributed by atoms with van der Waals surface area (Å²) < 4.78 is 4.77. The Balaban J connectivity index is 1.45. The molecule has 0 bridgehead atoms. The second-order valence-electron chi connectivity index (χ2n) is 11.2. The van der Waals surface area contributed by atoms with Crippen LogP contribution in [0.5, 0.6) is 0 Å². The molecule has 0 amide bonds. The normalized spacial score (nSPS) is 12.5. The SMILES string of the molecule is N/C(=C\C(=C/Cc1ccccc1)n1c2ccccc2c2cc3c4ccccc4n(-c4ccccc4)c3cc21)c1ccccc1. The third kappa shape index (κ3) is 4.38. The molecule has 0 aliphatic carbocycles. The predicted octanol–water partition coefficient (Wildman–Crippen LogP) is 9.97. The number of para-hydroxylation sites is 3. The van der Waals surface area contributed by atoms with Gasteiger partial charge in [0.1, 0.15) is 0 Å². The lowest BCUT2D eigenvalue weighted by Crippen LogP contribution is -2.02. The van der Waals surface area contributed by atoms with Crippen LogP contribution in [0, 0.1) is 0 Å². The van der Waals surface area contributed by atoms with Gasteiger partial charge in [0.2, 0.25) is 0 Å². The average Bonchev–Trinajstić information content (AvgIpc) is 3.59. The number of aromatic nitrogens is 2. The van der Waals surface area contributed by atoms with E-state index in [2.05, 4.69) is 155 Å². The number of nitrogens with two attached hydrogens (primary N) is 1. The number of fused-ring (bicyclic) bond motifs is 6. The van der Waals surface area contributed by atoms with Crippen LogP contribution >= 0.6 is 0 Å². The molecule has 210 valence electrons. The van der Waals surface area contributed by atoms with Gasteiger partial charge in [-0.3, -0.25) is 0 Å². The van der Waals surface area contributed by atoms with Gasteiger partial charge in [-0.25, -0.2) is 0 Å². The summed E-state index contributed by atoms with van der Waals surface area (Å²) in [5.41, 5.74) is 16.7. The molecule has 0 saturated heterocycles. The minimum atomic E-state index is 0.732. The minimum absolute atomic E-state index is 0.732. The van der Waals surface area contributed by atoms with Crippen molar-refractivity contribution < 1.29 is 0 Å². The molecule has 44 heavy (non-hydrogen) atoms. The van der Waals surface area contributed by atoms with Gasteiger partial charge >= 0.3 is 0 Å². The summed E-state index contributed by atoms with van der Waals surface area (Å²) in [5.74, 6) is 0. The highest BCUT2D eigenvalue weighted by Crippen LogP contribution is 2.39. The topological polar surface area (TPSA) is 35.9 Å². The van der Waals surface area contributed by atoms with Gasteiger partial charge in [-0.15, -0.1) is 0 Å².